The molecule has 144 valence electrons. The average Bonchev–Trinajstić information content (AvgIpc) is 2.67. The number of piperidine rings is 1. The summed E-state index contributed by atoms with van der Waals surface area (Å²) in [5, 5.41) is 3.28. The zero-order valence-corrected chi connectivity index (χ0v) is 16.3. The first-order chi connectivity index (χ1) is 13.1. The van der Waals surface area contributed by atoms with Gasteiger partial charge in [0.2, 0.25) is 5.91 Å². The van der Waals surface area contributed by atoms with E-state index < -0.39 is 0 Å². The fourth-order valence-corrected chi connectivity index (χ4v) is 3.85. The van der Waals surface area contributed by atoms with Gasteiger partial charge in [-0.15, -0.1) is 0 Å². The van der Waals surface area contributed by atoms with Crippen molar-refractivity contribution >= 4 is 5.91 Å². The molecule has 1 fully saturated rings. The van der Waals surface area contributed by atoms with E-state index in [1.165, 1.54) is 5.56 Å². The second-order valence-corrected chi connectivity index (χ2v) is 7.90. The Morgan fingerprint density at radius 2 is 2.15 bits per heavy atom. The third kappa shape index (κ3) is 5.86. The molecule has 0 aliphatic carbocycles. The Bertz CT molecular complexity index is 705. The van der Waals surface area contributed by atoms with E-state index in [0.29, 0.717) is 18.3 Å². The maximum absolute atomic E-state index is 12.5. The quantitative estimate of drug-likeness (QED) is 0.813. The standard InChI is InChI=1S/C22H30N4O/c1-17(2)13-21(27)25-22(20-9-3-4-11-24-20)19-8-6-12-26(16-19)15-18-7-5-10-23-14-18/h3-5,7,9-11,14,17,19,22H,6,8,12-13,15-16H2,1-2H3,(H,25,27)/t19-,22+/m1/s1. The molecule has 1 saturated heterocycles. The fourth-order valence-electron chi connectivity index (χ4n) is 3.85. The molecule has 0 saturated carbocycles. The summed E-state index contributed by atoms with van der Waals surface area (Å²) >= 11 is 0. The lowest BCUT2D eigenvalue weighted by Gasteiger charge is -2.37. The molecule has 1 aliphatic rings. The molecule has 2 atom stereocenters. The Hall–Kier alpha value is -2.27. The van der Waals surface area contributed by atoms with Crippen molar-refractivity contribution in [3.05, 3.63) is 60.2 Å². The van der Waals surface area contributed by atoms with Gasteiger partial charge in [0.25, 0.3) is 0 Å². The average molecular weight is 367 g/mol. The highest BCUT2D eigenvalue weighted by molar-refractivity contribution is 5.76. The molecule has 2 aromatic heterocycles. The van der Waals surface area contributed by atoms with E-state index in [9.17, 15) is 4.79 Å². The molecule has 0 radical (unpaired) electrons. The van der Waals surface area contributed by atoms with Crippen LogP contribution >= 0.6 is 0 Å². The van der Waals surface area contributed by atoms with Crippen LogP contribution in [-0.4, -0.2) is 33.9 Å². The molecule has 0 aromatic carbocycles. The third-order valence-corrected chi connectivity index (χ3v) is 5.06. The number of rotatable bonds is 7. The summed E-state index contributed by atoms with van der Waals surface area (Å²) in [7, 11) is 0. The summed E-state index contributed by atoms with van der Waals surface area (Å²) in [6.07, 6.45) is 8.35. The zero-order valence-electron chi connectivity index (χ0n) is 16.3. The van der Waals surface area contributed by atoms with Crippen LogP contribution < -0.4 is 5.32 Å². The Morgan fingerprint density at radius 3 is 2.85 bits per heavy atom. The van der Waals surface area contributed by atoms with Crippen molar-refractivity contribution in [2.24, 2.45) is 11.8 Å². The van der Waals surface area contributed by atoms with Gasteiger partial charge >= 0.3 is 0 Å². The van der Waals surface area contributed by atoms with Crippen LogP contribution in [0.3, 0.4) is 0 Å². The molecular formula is C22H30N4O. The van der Waals surface area contributed by atoms with Gasteiger partial charge < -0.3 is 5.32 Å². The van der Waals surface area contributed by atoms with Crippen LogP contribution in [-0.2, 0) is 11.3 Å². The molecule has 27 heavy (non-hydrogen) atoms. The van der Waals surface area contributed by atoms with Gasteiger partial charge in [0.15, 0.2) is 0 Å². The third-order valence-electron chi connectivity index (χ3n) is 5.06. The largest absolute Gasteiger partial charge is 0.347 e. The molecule has 3 heterocycles. The smallest absolute Gasteiger partial charge is 0.220 e. The van der Waals surface area contributed by atoms with Gasteiger partial charge in [0.05, 0.1) is 11.7 Å². The van der Waals surface area contributed by atoms with Crippen molar-refractivity contribution in [2.75, 3.05) is 13.1 Å². The zero-order chi connectivity index (χ0) is 19.1. The highest BCUT2D eigenvalue weighted by Crippen LogP contribution is 2.30. The minimum atomic E-state index is -0.0332. The van der Waals surface area contributed by atoms with Gasteiger partial charge in [-0.25, -0.2) is 0 Å². The maximum atomic E-state index is 12.5. The molecule has 3 rings (SSSR count). The van der Waals surface area contributed by atoms with E-state index in [2.05, 4.69) is 40.1 Å². The van der Waals surface area contributed by atoms with Gasteiger partial charge in [-0.2, -0.15) is 0 Å². The molecule has 0 spiro atoms. The van der Waals surface area contributed by atoms with Crippen molar-refractivity contribution in [3.8, 4) is 0 Å². The van der Waals surface area contributed by atoms with E-state index >= 15 is 0 Å². The lowest BCUT2D eigenvalue weighted by Crippen LogP contribution is -2.43. The molecular weight excluding hydrogens is 336 g/mol. The topological polar surface area (TPSA) is 58.1 Å². The second kappa shape index (κ2) is 9.60. The van der Waals surface area contributed by atoms with Gasteiger partial charge in [0.1, 0.15) is 0 Å². The summed E-state index contributed by atoms with van der Waals surface area (Å²) < 4.78 is 0. The Labute approximate surface area is 162 Å². The number of carbonyl (C=O) groups is 1. The number of pyridine rings is 2. The Kier molecular flexibility index (Phi) is 6.93. The summed E-state index contributed by atoms with van der Waals surface area (Å²) in [4.78, 5) is 23.7. The second-order valence-electron chi connectivity index (χ2n) is 7.90. The first-order valence-electron chi connectivity index (χ1n) is 9.93. The van der Waals surface area contributed by atoms with E-state index in [-0.39, 0.29) is 11.9 Å². The minimum Gasteiger partial charge on any atom is -0.347 e. The van der Waals surface area contributed by atoms with Crippen molar-refractivity contribution in [3.63, 3.8) is 0 Å². The van der Waals surface area contributed by atoms with Gasteiger partial charge in [-0.05, 0) is 55.0 Å². The maximum Gasteiger partial charge on any atom is 0.220 e. The molecule has 0 bridgehead atoms. The summed E-state index contributed by atoms with van der Waals surface area (Å²) in [6.45, 7) is 7.09. The number of amides is 1. The number of nitrogens with one attached hydrogen (secondary N) is 1. The van der Waals surface area contributed by atoms with Crippen molar-refractivity contribution < 1.29 is 4.79 Å². The van der Waals surface area contributed by atoms with Gasteiger partial charge in [-0.1, -0.05) is 26.0 Å². The molecule has 5 heteroatoms. The van der Waals surface area contributed by atoms with Crippen molar-refractivity contribution in [1.29, 1.82) is 0 Å². The number of hydrogen-bond acceptors (Lipinski definition) is 4. The molecule has 2 aromatic rings. The molecule has 1 aliphatic heterocycles. The van der Waals surface area contributed by atoms with Crippen LogP contribution in [0.5, 0.6) is 0 Å². The van der Waals surface area contributed by atoms with E-state index in [1.807, 2.05) is 42.9 Å². The van der Waals surface area contributed by atoms with Crippen LogP contribution in [0, 0.1) is 11.8 Å². The van der Waals surface area contributed by atoms with E-state index in [1.54, 1.807) is 0 Å². The highest BCUT2D eigenvalue weighted by atomic mass is 16.1. The van der Waals surface area contributed by atoms with Crippen LogP contribution in [0.15, 0.2) is 48.9 Å². The SMILES string of the molecule is CC(C)CC(=O)N[C@H](c1ccccn1)[C@@H]1CCCN(Cc2cccnc2)C1. The van der Waals surface area contributed by atoms with E-state index in [4.69, 9.17) is 0 Å². The van der Waals surface area contributed by atoms with Crippen LogP contribution in [0.25, 0.3) is 0 Å². The Balaban J connectivity index is 1.71. The predicted molar refractivity (Wildman–Crippen MR) is 107 cm³/mol. The lowest BCUT2D eigenvalue weighted by atomic mass is 9.88. The van der Waals surface area contributed by atoms with E-state index in [0.717, 1.165) is 38.2 Å². The number of aromatic nitrogens is 2. The molecule has 5 nitrogen and oxygen atoms in total. The first kappa shape index (κ1) is 19.5. The number of likely N-dealkylation sites (tertiary alicyclic amines) is 1. The van der Waals surface area contributed by atoms with Gasteiger partial charge in [0, 0.05) is 38.1 Å². The monoisotopic (exact) mass is 366 g/mol. The van der Waals surface area contributed by atoms with Crippen LogP contribution in [0.1, 0.15) is 50.4 Å². The van der Waals surface area contributed by atoms with Crippen molar-refractivity contribution in [2.45, 2.75) is 45.7 Å². The normalized spacial score (nSPS) is 19.0. The first-order valence-corrected chi connectivity index (χ1v) is 9.93. The highest BCUT2D eigenvalue weighted by Gasteiger charge is 2.30. The summed E-state index contributed by atoms with van der Waals surface area (Å²) in [6, 6.07) is 10.0. The fraction of sp³-hybridized carbons (Fsp3) is 0.500. The van der Waals surface area contributed by atoms with Gasteiger partial charge in [-0.3, -0.25) is 19.7 Å². The summed E-state index contributed by atoms with van der Waals surface area (Å²) in [5.41, 5.74) is 2.19. The molecule has 1 N–H and O–H groups in total. The molecule has 0 unspecified atom stereocenters. The number of carbonyl (C=O) groups excluding carboxylic acids is 1. The summed E-state index contributed by atoms with van der Waals surface area (Å²) in [5.74, 6) is 0.828. The lowest BCUT2D eigenvalue weighted by molar-refractivity contribution is -0.123. The Morgan fingerprint density at radius 1 is 1.26 bits per heavy atom. The van der Waals surface area contributed by atoms with Crippen molar-refractivity contribution in [1.82, 2.24) is 20.2 Å². The predicted octanol–water partition coefficient (Wildman–Crippen LogP) is 3.59. The van der Waals surface area contributed by atoms with Crippen LogP contribution in [0.4, 0.5) is 0 Å². The number of nitrogens with zero attached hydrogens (tertiary/aromatic N) is 3. The minimum absolute atomic E-state index is 0.0332. The number of hydrogen-bond donors (Lipinski definition) is 1. The molecule has 1 amide bonds. The van der Waals surface area contributed by atoms with Crippen LogP contribution in [0.2, 0.25) is 0 Å².